The van der Waals surface area contributed by atoms with Crippen LogP contribution in [0, 0.1) is 0 Å². The van der Waals surface area contributed by atoms with Crippen LogP contribution in [-0.4, -0.2) is 24.2 Å². The number of aromatic amines is 2. The van der Waals surface area contributed by atoms with Crippen molar-refractivity contribution >= 4 is 21.8 Å². The van der Waals surface area contributed by atoms with Gasteiger partial charge in [0, 0.05) is 39.3 Å². The van der Waals surface area contributed by atoms with E-state index in [1.54, 1.807) is 14.2 Å². The molecule has 4 nitrogen and oxygen atoms in total. The molecule has 0 saturated carbocycles. The summed E-state index contributed by atoms with van der Waals surface area (Å²) in [6.45, 7) is 0. The lowest BCUT2D eigenvalue weighted by Gasteiger charge is -2.00. The van der Waals surface area contributed by atoms with Crippen LogP contribution < -0.4 is 9.47 Å². The lowest BCUT2D eigenvalue weighted by Crippen LogP contribution is -1.82. The minimum Gasteiger partial charge on any atom is -0.497 e. The van der Waals surface area contributed by atoms with Gasteiger partial charge in [-0.2, -0.15) is 0 Å². The third-order valence-electron chi connectivity index (χ3n) is 4.01. The largest absolute Gasteiger partial charge is 0.497 e. The van der Waals surface area contributed by atoms with Crippen LogP contribution in [0.5, 0.6) is 11.5 Å². The van der Waals surface area contributed by atoms with Crippen LogP contribution in [0.4, 0.5) is 0 Å². The Kier molecular flexibility index (Phi) is 2.82. The van der Waals surface area contributed by atoms with Gasteiger partial charge >= 0.3 is 0 Å². The van der Waals surface area contributed by atoms with Crippen LogP contribution >= 0.6 is 0 Å². The summed E-state index contributed by atoms with van der Waals surface area (Å²) in [5, 5.41) is 2.27. The molecular formula is C18H16N2O2. The van der Waals surface area contributed by atoms with E-state index in [-0.39, 0.29) is 0 Å². The zero-order valence-electron chi connectivity index (χ0n) is 12.4. The van der Waals surface area contributed by atoms with Crippen LogP contribution in [0.1, 0.15) is 0 Å². The Morgan fingerprint density at radius 3 is 2.32 bits per heavy atom. The van der Waals surface area contributed by atoms with Crippen LogP contribution in [0.25, 0.3) is 33.1 Å². The summed E-state index contributed by atoms with van der Waals surface area (Å²) in [6.07, 6.45) is 2.02. The fourth-order valence-electron chi connectivity index (χ4n) is 2.83. The summed E-state index contributed by atoms with van der Waals surface area (Å²) in [7, 11) is 3.36. The Morgan fingerprint density at radius 1 is 0.818 bits per heavy atom. The second-order valence-corrected chi connectivity index (χ2v) is 5.25. The number of benzene rings is 2. The van der Waals surface area contributed by atoms with Gasteiger partial charge in [0.05, 0.1) is 14.2 Å². The van der Waals surface area contributed by atoms with E-state index < -0.39 is 0 Å². The number of hydrogen-bond acceptors (Lipinski definition) is 2. The van der Waals surface area contributed by atoms with Crippen molar-refractivity contribution in [2.45, 2.75) is 0 Å². The van der Waals surface area contributed by atoms with E-state index in [1.165, 1.54) is 0 Å². The Hall–Kier alpha value is -2.88. The molecule has 0 radical (unpaired) electrons. The zero-order valence-corrected chi connectivity index (χ0v) is 12.4. The quantitative estimate of drug-likeness (QED) is 0.590. The van der Waals surface area contributed by atoms with Crippen molar-refractivity contribution in [2.75, 3.05) is 14.2 Å². The van der Waals surface area contributed by atoms with E-state index in [4.69, 9.17) is 9.47 Å². The normalized spacial score (nSPS) is 11.2. The maximum Gasteiger partial charge on any atom is 0.119 e. The van der Waals surface area contributed by atoms with E-state index in [9.17, 15) is 0 Å². The molecule has 22 heavy (non-hydrogen) atoms. The summed E-state index contributed by atoms with van der Waals surface area (Å²) in [5.41, 5.74) is 4.38. The number of hydrogen-bond donors (Lipinski definition) is 2. The van der Waals surface area contributed by atoms with Gasteiger partial charge in [0.15, 0.2) is 0 Å². The van der Waals surface area contributed by atoms with Gasteiger partial charge in [0.25, 0.3) is 0 Å². The van der Waals surface area contributed by atoms with Gasteiger partial charge in [0.1, 0.15) is 11.5 Å². The summed E-state index contributed by atoms with van der Waals surface area (Å²) in [6, 6.07) is 14.2. The summed E-state index contributed by atoms with van der Waals surface area (Å²) in [5.74, 6) is 1.71. The first-order valence-corrected chi connectivity index (χ1v) is 7.11. The lowest BCUT2D eigenvalue weighted by atomic mass is 10.1. The maximum absolute atomic E-state index is 5.33. The summed E-state index contributed by atoms with van der Waals surface area (Å²) >= 11 is 0. The molecule has 0 saturated heterocycles. The van der Waals surface area contributed by atoms with Gasteiger partial charge in [-0.15, -0.1) is 0 Å². The van der Waals surface area contributed by atoms with Crippen LogP contribution in [0.2, 0.25) is 0 Å². The van der Waals surface area contributed by atoms with Gasteiger partial charge in [0.2, 0.25) is 0 Å². The highest BCUT2D eigenvalue weighted by Gasteiger charge is 2.10. The highest BCUT2D eigenvalue weighted by molar-refractivity contribution is 5.98. The molecule has 4 rings (SSSR count). The molecule has 2 heterocycles. The van der Waals surface area contributed by atoms with E-state index in [0.717, 1.165) is 44.6 Å². The van der Waals surface area contributed by atoms with Crippen LogP contribution in [0.3, 0.4) is 0 Å². The van der Waals surface area contributed by atoms with Crippen molar-refractivity contribution in [1.29, 1.82) is 0 Å². The summed E-state index contributed by atoms with van der Waals surface area (Å²) in [4.78, 5) is 6.77. The third-order valence-corrected chi connectivity index (χ3v) is 4.01. The molecule has 2 N–H and O–H groups in total. The van der Waals surface area contributed by atoms with Crippen LogP contribution in [-0.2, 0) is 0 Å². The van der Waals surface area contributed by atoms with Crippen molar-refractivity contribution in [1.82, 2.24) is 9.97 Å². The molecule has 0 spiro atoms. The predicted molar refractivity (Wildman–Crippen MR) is 88.7 cm³/mol. The first-order valence-electron chi connectivity index (χ1n) is 7.11. The number of methoxy groups -OCH3 is 2. The van der Waals surface area contributed by atoms with E-state index in [2.05, 4.69) is 16.0 Å². The average molecular weight is 292 g/mol. The Labute approximate surface area is 127 Å². The molecule has 2 aromatic heterocycles. The molecule has 110 valence electrons. The van der Waals surface area contributed by atoms with Gasteiger partial charge in [-0.25, -0.2) is 0 Å². The number of fused-ring (bicyclic) bond motifs is 2. The first-order chi connectivity index (χ1) is 10.8. The van der Waals surface area contributed by atoms with E-state index >= 15 is 0 Å². The van der Waals surface area contributed by atoms with E-state index in [1.807, 2.05) is 42.6 Å². The lowest BCUT2D eigenvalue weighted by molar-refractivity contribution is 0.415. The average Bonchev–Trinajstić information content (AvgIpc) is 3.16. The number of ether oxygens (including phenoxy) is 2. The molecule has 0 aliphatic rings. The van der Waals surface area contributed by atoms with Crippen molar-refractivity contribution in [2.24, 2.45) is 0 Å². The Balaban J connectivity index is 1.90. The highest BCUT2D eigenvalue weighted by Crippen LogP contribution is 2.33. The molecule has 0 aliphatic heterocycles. The molecule has 0 atom stereocenters. The number of aromatic nitrogens is 2. The highest BCUT2D eigenvalue weighted by atomic mass is 16.5. The molecule has 0 bridgehead atoms. The predicted octanol–water partition coefficient (Wildman–Crippen LogP) is 4.33. The Morgan fingerprint density at radius 2 is 1.55 bits per heavy atom. The standard InChI is InChI=1S/C18H16N2O2/c1-21-12-3-5-16-11(7-12)8-18(20-16)15-10-19-17-6-4-13(22-2)9-14(15)17/h3-10,19-20H,1-2H3. The van der Waals surface area contributed by atoms with Crippen molar-refractivity contribution < 1.29 is 9.47 Å². The van der Waals surface area contributed by atoms with Gasteiger partial charge in [-0.05, 0) is 42.5 Å². The number of nitrogens with one attached hydrogen (secondary N) is 2. The number of H-pyrrole nitrogens is 2. The smallest absolute Gasteiger partial charge is 0.119 e. The maximum atomic E-state index is 5.33. The summed E-state index contributed by atoms with van der Waals surface area (Å²) < 4.78 is 10.6. The fourth-order valence-corrected chi connectivity index (χ4v) is 2.83. The minimum absolute atomic E-state index is 0.853. The van der Waals surface area contributed by atoms with Crippen molar-refractivity contribution in [3.05, 3.63) is 48.7 Å². The van der Waals surface area contributed by atoms with Gasteiger partial charge in [-0.1, -0.05) is 0 Å². The van der Waals surface area contributed by atoms with Gasteiger partial charge in [-0.3, -0.25) is 0 Å². The second-order valence-electron chi connectivity index (χ2n) is 5.25. The molecule has 4 aromatic rings. The second kappa shape index (κ2) is 4.84. The van der Waals surface area contributed by atoms with Crippen molar-refractivity contribution in [3.8, 4) is 22.8 Å². The number of rotatable bonds is 3. The zero-order chi connectivity index (χ0) is 15.1. The minimum atomic E-state index is 0.853. The Bertz CT molecular complexity index is 966. The first kappa shape index (κ1) is 12.8. The monoisotopic (exact) mass is 292 g/mol. The molecule has 0 amide bonds. The SMILES string of the molecule is COc1ccc2[nH]c(-c3c[nH]c4ccc(OC)cc34)cc2c1. The van der Waals surface area contributed by atoms with Crippen molar-refractivity contribution in [3.63, 3.8) is 0 Å². The molecule has 4 heteroatoms. The molecule has 0 fully saturated rings. The van der Waals surface area contributed by atoms with Gasteiger partial charge < -0.3 is 19.4 Å². The molecular weight excluding hydrogens is 276 g/mol. The fraction of sp³-hybridized carbons (Fsp3) is 0.111. The topological polar surface area (TPSA) is 50.0 Å². The molecule has 0 aliphatic carbocycles. The molecule has 0 unspecified atom stereocenters. The van der Waals surface area contributed by atoms with E-state index in [0.29, 0.717) is 0 Å². The third kappa shape index (κ3) is 1.92. The van der Waals surface area contributed by atoms with Crippen LogP contribution in [0.15, 0.2) is 48.7 Å². The molecule has 2 aromatic carbocycles.